The molecule has 3 fully saturated rings. The monoisotopic (exact) mass is 281 g/mol. The van der Waals surface area contributed by atoms with Gasteiger partial charge in [0.15, 0.2) is 0 Å². The number of ether oxygens (including phenoxy) is 1. The first-order valence-electron chi connectivity index (χ1n) is 8.37. The fraction of sp³-hybridized carbons (Fsp3) is 0.938. The van der Waals surface area contributed by atoms with Crippen LogP contribution in [0.5, 0.6) is 0 Å². The number of carbonyl (C=O) groups is 1. The summed E-state index contributed by atoms with van der Waals surface area (Å²) in [6, 6.07) is 0.246. The van der Waals surface area contributed by atoms with Gasteiger partial charge < -0.3 is 14.7 Å². The highest BCUT2D eigenvalue weighted by molar-refractivity contribution is 5.81. The number of piperidine rings is 1. The van der Waals surface area contributed by atoms with Gasteiger partial charge in [-0.05, 0) is 44.9 Å². The number of carbonyl (C=O) groups excluding carboxylic acids is 1. The van der Waals surface area contributed by atoms with E-state index in [2.05, 4.69) is 4.90 Å². The van der Waals surface area contributed by atoms with Crippen LogP contribution in [0.25, 0.3) is 0 Å². The molecule has 0 aromatic rings. The van der Waals surface area contributed by atoms with Crippen LogP contribution in [0.15, 0.2) is 0 Å². The first-order valence-corrected chi connectivity index (χ1v) is 8.37. The fourth-order valence-corrected chi connectivity index (χ4v) is 4.22. The van der Waals surface area contributed by atoms with E-state index < -0.39 is 0 Å². The van der Waals surface area contributed by atoms with Crippen LogP contribution in [0.1, 0.15) is 57.8 Å². The third kappa shape index (κ3) is 2.86. The number of rotatable bonds is 2. The first kappa shape index (κ1) is 14.3. The molecule has 1 N–H and O–H groups in total. The van der Waals surface area contributed by atoms with Crippen LogP contribution in [0.3, 0.4) is 0 Å². The van der Waals surface area contributed by atoms with Crippen LogP contribution < -0.4 is 0 Å². The number of nitrogens with zero attached hydrogens (tertiary/aromatic N) is 1. The molecule has 0 aromatic carbocycles. The summed E-state index contributed by atoms with van der Waals surface area (Å²) in [6.45, 7) is 1.58. The minimum Gasteiger partial charge on any atom is -0.393 e. The average Bonchev–Trinajstić information content (AvgIpc) is 3.01. The molecule has 3 aliphatic rings. The minimum atomic E-state index is -0.216. The van der Waals surface area contributed by atoms with E-state index in [1.807, 2.05) is 0 Å². The van der Waals surface area contributed by atoms with Gasteiger partial charge in [0, 0.05) is 25.1 Å². The Morgan fingerprint density at radius 2 is 1.80 bits per heavy atom. The van der Waals surface area contributed by atoms with Crippen molar-refractivity contribution in [1.29, 1.82) is 0 Å². The van der Waals surface area contributed by atoms with E-state index in [-0.39, 0.29) is 30.1 Å². The summed E-state index contributed by atoms with van der Waals surface area (Å²) < 4.78 is 5.58. The standard InChI is InChI=1S/C16H27NO3/c18-14-8-2-1-6-12(14)13-7-3-4-10-17(13)16(19)15-9-5-11-20-15/h12-15,18H,1-11H2. The molecule has 4 nitrogen and oxygen atoms in total. The van der Waals surface area contributed by atoms with Gasteiger partial charge >= 0.3 is 0 Å². The summed E-state index contributed by atoms with van der Waals surface area (Å²) in [5.74, 6) is 0.472. The van der Waals surface area contributed by atoms with Crippen LogP contribution in [-0.2, 0) is 9.53 Å². The van der Waals surface area contributed by atoms with Crippen LogP contribution in [0.2, 0.25) is 0 Å². The van der Waals surface area contributed by atoms with E-state index in [1.54, 1.807) is 0 Å². The number of likely N-dealkylation sites (tertiary alicyclic amines) is 1. The Labute approximate surface area is 121 Å². The smallest absolute Gasteiger partial charge is 0.251 e. The Bertz CT molecular complexity index is 341. The van der Waals surface area contributed by atoms with Crippen LogP contribution in [0, 0.1) is 5.92 Å². The third-order valence-electron chi connectivity index (χ3n) is 5.31. The highest BCUT2D eigenvalue weighted by atomic mass is 16.5. The van der Waals surface area contributed by atoms with Gasteiger partial charge in [-0.1, -0.05) is 12.8 Å². The zero-order chi connectivity index (χ0) is 13.9. The molecule has 1 aliphatic carbocycles. The van der Waals surface area contributed by atoms with Crippen molar-refractivity contribution >= 4 is 5.91 Å². The maximum absolute atomic E-state index is 12.7. The van der Waals surface area contributed by atoms with Crippen molar-refractivity contribution in [1.82, 2.24) is 4.90 Å². The van der Waals surface area contributed by atoms with E-state index in [1.165, 1.54) is 12.8 Å². The van der Waals surface area contributed by atoms with Gasteiger partial charge in [0.05, 0.1) is 6.10 Å². The Morgan fingerprint density at radius 1 is 1.00 bits per heavy atom. The molecule has 0 aromatic heterocycles. The molecule has 2 heterocycles. The van der Waals surface area contributed by atoms with Crippen molar-refractivity contribution in [2.75, 3.05) is 13.2 Å². The highest BCUT2D eigenvalue weighted by Gasteiger charge is 2.40. The van der Waals surface area contributed by atoms with E-state index in [0.29, 0.717) is 0 Å². The molecule has 2 aliphatic heterocycles. The van der Waals surface area contributed by atoms with Crippen molar-refractivity contribution in [2.24, 2.45) is 5.92 Å². The van der Waals surface area contributed by atoms with Crippen molar-refractivity contribution < 1.29 is 14.6 Å². The normalized spacial score (nSPS) is 39.0. The maximum Gasteiger partial charge on any atom is 0.251 e. The number of hydrogen-bond acceptors (Lipinski definition) is 3. The summed E-state index contributed by atoms with van der Waals surface area (Å²) in [5, 5.41) is 10.3. The minimum absolute atomic E-state index is 0.185. The lowest BCUT2D eigenvalue weighted by Crippen LogP contribution is -2.53. The van der Waals surface area contributed by atoms with E-state index >= 15 is 0 Å². The van der Waals surface area contributed by atoms with Gasteiger partial charge in [0.2, 0.25) is 0 Å². The SMILES string of the molecule is O=C(C1CCCO1)N1CCCCC1C1CCCCC1O. The van der Waals surface area contributed by atoms with Gasteiger partial charge in [-0.15, -0.1) is 0 Å². The van der Waals surface area contributed by atoms with Gasteiger partial charge in [0.25, 0.3) is 5.91 Å². The van der Waals surface area contributed by atoms with Crippen LogP contribution in [0.4, 0.5) is 0 Å². The summed E-state index contributed by atoms with van der Waals surface area (Å²) in [6.07, 6.45) is 9.08. The average molecular weight is 281 g/mol. The number of amides is 1. The van der Waals surface area contributed by atoms with E-state index in [4.69, 9.17) is 4.74 Å². The Morgan fingerprint density at radius 3 is 2.55 bits per heavy atom. The van der Waals surface area contributed by atoms with Crippen LogP contribution >= 0.6 is 0 Å². The topological polar surface area (TPSA) is 49.8 Å². The van der Waals surface area contributed by atoms with Crippen LogP contribution in [-0.4, -0.2) is 47.3 Å². The molecule has 4 unspecified atom stereocenters. The second-order valence-corrected chi connectivity index (χ2v) is 6.61. The molecule has 1 saturated carbocycles. The van der Waals surface area contributed by atoms with Gasteiger partial charge in [-0.2, -0.15) is 0 Å². The van der Waals surface area contributed by atoms with E-state index in [9.17, 15) is 9.90 Å². The molecule has 0 radical (unpaired) electrons. The van der Waals surface area contributed by atoms with Gasteiger partial charge in [-0.25, -0.2) is 0 Å². The molecule has 3 rings (SSSR count). The molecule has 0 spiro atoms. The lowest BCUT2D eigenvalue weighted by atomic mass is 9.78. The molecule has 4 atom stereocenters. The Kier molecular flexibility index (Phi) is 4.61. The molecular weight excluding hydrogens is 254 g/mol. The highest BCUT2D eigenvalue weighted by Crippen LogP contribution is 2.35. The summed E-state index contributed by atoms with van der Waals surface area (Å²) in [4.78, 5) is 14.7. The van der Waals surface area contributed by atoms with Crippen molar-refractivity contribution in [3.05, 3.63) is 0 Å². The first-order chi connectivity index (χ1) is 9.77. The molecule has 2 saturated heterocycles. The zero-order valence-electron chi connectivity index (χ0n) is 12.3. The summed E-state index contributed by atoms with van der Waals surface area (Å²) in [5.41, 5.74) is 0. The predicted molar refractivity (Wildman–Crippen MR) is 76.3 cm³/mol. The molecular formula is C16H27NO3. The second kappa shape index (κ2) is 6.44. The lowest BCUT2D eigenvalue weighted by molar-refractivity contribution is -0.148. The molecule has 4 heteroatoms. The fourth-order valence-electron chi connectivity index (χ4n) is 4.22. The maximum atomic E-state index is 12.7. The lowest BCUT2D eigenvalue weighted by Gasteiger charge is -2.44. The Hall–Kier alpha value is -0.610. The van der Waals surface area contributed by atoms with Gasteiger partial charge in [-0.3, -0.25) is 4.79 Å². The second-order valence-electron chi connectivity index (χ2n) is 6.61. The largest absolute Gasteiger partial charge is 0.393 e. The van der Waals surface area contributed by atoms with Gasteiger partial charge in [0.1, 0.15) is 6.10 Å². The van der Waals surface area contributed by atoms with Crippen molar-refractivity contribution in [3.8, 4) is 0 Å². The molecule has 114 valence electrons. The number of aliphatic hydroxyl groups excluding tert-OH is 1. The molecule has 20 heavy (non-hydrogen) atoms. The number of hydrogen-bond donors (Lipinski definition) is 1. The predicted octanol–water partition coefficient (Wildman–Crippen LogP) is 2.10. The summed E-state index contributed by atoms with van der Waals surface area (Å²) >= 11 is 0. The third-order valence-corrected chi connectivity index (χ3v) is 5.31. The molecule has 0 bridgehead atoms. The zero-order valence-corrected chi connectivity index (χ0v) is 12.3. The number of aliphatic hydroxyl groups is 1. The quantitative estimate of drug-likeness (QED) is 0.843. The van der Waals surface area contributed by atoms with Crippen molar-refractivity contribution in [3.63, 3.8) is 0 Å². The Balaban J connectivity index is 1.71. The van der Waals surface area contributed by atoms with E-state index in [0.717, 1.165) is 58.1 Å². The van der Waals surface area contributed by atoms with Crippen molar-refractivity contribution in [2.45, 2.75) is 76.0 Å². The summed E-state index contributed by atoms with van der Waals surface area (Å²) in [7, 11) is 0. The molecule has 1 amide bonds.